The maximum atomic E-state index is 12.5. The number of carbonyl (C=O) groups excluding carboxylic acids is 1. The zero-order valence-electron chi connectivity index (χ0n) is 11.3. The Bertz CT molecular complexity index is 447. The van der Waals surface area contributed by atoms with Gasteiger partial charge in [0, 0.05) is 20.1 Å². The first-order valence-corrected chi connectivity index (χ1v) is 6.05. The van der Waals surface area contributed by atoms with Crippen molar-refractivity contribution in [3.8, 4) is 0 Å². The Balaban J connectivity index is 2.24. The fraction of sp³-hybridized carbons (Fsp3) is 0.667. The normalized spacial score (nSPS) is 23.1. The summed E-state index contributed by atoms with van der Waals surface area (Å²) in [6, 6.07) is 0. The molecule has 1 aromatic heterocycles. The molecule has 0 spiro atoms. The van der Waals surface area contributed by atoms with Gasteiger partial charge in [-0.3, -0.25) is 9.48 Å². The van der Waals surface area contributed by atoms with Crippen LogP contribution in [0, 0.1) is 0 Å². The number of morpholine rings is 1. The molecule has 1 aliphatic rings. The number of amides is 1. The summed E-state index contributed by atoms with van der Waals surface area (Å²) in [4.78, 5) is 14.2. The van der Waals surface area contributed by atoms with Gasteiger partial charge in [-0.1, -0.05) is 0 Å². The molecule has 2 heterocycles. The molecule has 6 heteroatoms. The lowest BCUT2D eigenvalue weighted by Crippen LogP contribution is -2.54. The number of anilines is 1. The first-order chi connectivity index (χ1) is 8.30. The first kappa shape index (κ1) is 12.9. The van der Waals surface area contributed by atoms with Crippen LogP contribution in [0.2, 0.25) is 0 Å². The summed E-state index contributed by atoms with van der Waals surface area (Å²) in [5.74, 6) is -0.0873. The van der Waals surface area contributed by atoms with Crippen LogP contribution >= 0.6 is 0 Å². The van der Waals surface area contributed by atoms with Crippen LogP contribution in [0.4, 0.5) is 5.69 Å². The van der Waals surface area contributed by atoms with Gasteiger partial charge in [0.05, 0.1) is 23.6 Å². The van der Waals surface area contributed by atoms with Crippen molar-refractivity contribution in [3.05, 3.63) is 11.9 Å². The number of nitrogens with zero attached hydrogens (tertiary/aromatic N) is 3. The molecule has 0 bridgehead atoms. The van der Waals surface area contributed by atoms with Gasteiger partial charge in [0.1, 0.15) is 5.69 Å². The maximum absolute atomic E-state index is 12.5. The van der Waals surface area contributed by atoms with Crippen molar-refractivity contribution in [2.75, 3.05) is 18.8 Å². The molecule has 0 saturated carbocycles. The lowest BCUT2D eigenvalue weighted by atomic mass is 10.1. The van der Waals surface area contributed by atoms with Gasteiger partial charge < -0.3 is 15.4 Å². The first-order valence-electron chi connectivity index (χ1n) is 6.05. The van der Waals surface area contributed by atoms with Crippen LogP contribution in [-0.4, -0.2) is 45.4 Å². The summed E-state index contributed by atoms with van der Waals surface area (Å²) in [6.07, 6.45) is 1.52. The molecular formula is C12H20N4O2. The van der Waals surface area contributed by atoms with Crippen molar-refractivity contribution in [2.45, 2.75) is 32.5 Å². The molecule has 0 aliphatic carbocycles. The highest BCUT2D eigenvalue weighted by Crippen LogP contribution is 2.23. The Morgan fingerprint density at radius 2 is 2.28 bits per heavy atom. The number of ether oxygens (including phenoxy) is 1. The summed E-state index contributed by atoms with van der Waals surface area (Å²) in [5.41, 5.74) is 6.32. The highest BCUT2D eigenvalue weighted by atomic mass is 16.5. The predicted molar refractivity (Wildman–Crippen MR) is 68.1 cm³/mol. The molecule has 6 nitrogen and oxygen atoms in total. The van der Waals surface area contributed by atoms with Gasteiger partial charge in [0.25, 0.3) is 5.91 Å². The van der Waals surface area contributed by atoms with Gasteiger partial charge in [0.15, 0.2) is 0 Å². The average molecular weight is 252 g/mol. The number of nitrogens with two attached hydrogens (primary N) is 1. The van der Waals surface area contributed by atoms with Crippen molar-refractivity contribution in [2.24, 2.45) is 7.05 Å². The van der Waals surface area contributed by atoms with E-state index in [1.54, 1.807) is 11.9 Å². The summed E-state index contributed by atoms with van der Waals surface area (Å²) < 4.78 is 7.30. The smallest absolute Gasteiger partial charge is 0.274 e. The molecule has 0 aromatic carbocycles. The minimum atomic E-state index is -0.333. The molecule has 2 rings (SSSR count). The molecule has 1 unspecified atom stereocenters. The van der Waals surface area contributed by atoms with E-state index in [-0.39, 0.29) is 17.6 Å². The van der Waals surface area contributed by atoms with E-state index in [1.165, 1.54) is 10.9 Å². The highest BCUT2D eigenvalue weighted by Gasteiger charge is 2.35. The van der Waals surface area contributed by atoms with Crippen LogP contribution in [0.3, 0.4) is 0 Å². The van der Waals surface area contributed by atoms with Gasteiger partial charge in [-0.25, -0.2) is 0 Å². The van der Waals surface area contributed by atoms with Crippen LogP contribution < -0.4 is 5.73 Å². The predicted octanol–water partition coefficient (Wildman–Crippen LogP) is 0.642. The average Bonchev–Trinajstić information content (AvgIpc) is 2.54. The number of hydrogen-bond donors (Lipinski definition) is 1. The van der Waals surface area contributed by atoms with Crippen molar-refractivity contribution in [3.63, 3.8) is 0 Å². The molecule has 0 radical (unpaired) electrons. The number of aryl methyl sites for hydroxylation is 1. The molecule has 2 N–H and O–H groups in total. The van der Waals surface area contributed by atoms with Crippen LogP contribution in [-0.2, 0) is 11.8 Å². The van der Waals surface area contributed by atoms with Crippen molar-refractivity contribution >= 4 is 11.6 Å². The fourth-order valence-electron chi connectivity index (χ4n) is 2.47. The summed E-state index contributed by atoms with van der Waals surface area (Å²) >= 11 is 0. The van der Waals surface area contributed by atoms with Crippen molar-refractivity contribution in [1.29, 1.82) is 0 Å². The molecular weight excluding hydrogens is 232 g/mol. The van der Waals surface area contributed by atoms with E-state index in [1.807, 2.05) is 20.8 Å². The van der Waals surface area contributed by atoms with Crippen LogP contribution in [0.15, 0.2) is 6.20 Å². The van der Waals surface area contributed by atoms with E-state index in [0.717, 1.165) is 0 Å². The highest BCUT2D eigenvalue weighted by molar-refractivity contribution is 5.97. The Morgan fingerprint density at radius 1 is 1.61 bits per heavy atom. The third-order valence-electron chi connectivity index (χ3n) is 3.03. The Kier molecular flexibility index (Phi) is 3.06. The van der Waals surface area contributed by atoms with Crippen molar-refractivity contribution < 1.29 is 9.53 Å². The maximum Gasteiger partial charge on any atom is 0.274 e. The summed E-state index contributed by atoms with van der Waals surface area (Å²) in [7, 11) is 1.72. The second-order valence-corrected chi connectivity index (χ2v) is 5.45. The minimum absolute atomic E-state index is 0.0205. The summed E-state index contributed by atoms with van der Waals surface area (Å²) in [5, 5.41) is 4.00. The van der Waals surface area contributed by atoms with E-state index >= 15 is 0 Å². The minimum Gasteiger partial charge on any atom is -0.396 e. The van der Waals surface area contributed by atoms with E-state index in [9.17, 15) is 4.79 Å². The Labute approximate surface area is 107 Å². The van der Waals surface area contributed by atoms with Crippen LogP contribution in [0.25, 0.3) is 0 Å². The van der Waals surface area contributed by atoms with E-state index < -0.39 is 0 Å². The zero-order valence-corrected chi connectivity index (χ0v) is 11.3. The summed E-state index contributed by atoms with van der Waals surface area (Å²) in [6.45, 7) is 7.06. The van der Waals surface area contributed by atoms with Crippen LogP contribution in [0.1, 0.15) is 31.3 Å². The van der Waals surface area contributed by atoms with Gasteiger partial charge in [0.2, 0.25) is 0 Å². The van der Waals surface area contributed by atoms with Gasteiger partial charge in [-0.2, -0.15) is 5.10 Å². The molecule has 18 heavy (non-hydrogen) atoms. The molecule has 1 atom stereocenters. The Hall–Kier alpha value is -1.56. The third-order valence-corrected chi connectivity index (χ3v) is 3.03. The van der Waals surface area contributed by atoms with E-state index in [2.05, 4.69) is 5.10 Å². The molecule has 1 saturated heterocycles. The monoisotopic (exact) mass is 252 g/mol. The van der Waals surface area contributed by atoms with Gasteiger partial charge in [-0.05, 0) is 20.8 Å². The number of nitrogen functional groups attached to an aromatic ring is 1. The molecule has 1 aromatic rings. The molecule has 100 valence electrons. The SMILES string of the molecule is CC1CN(C(=O)c2c(N)cnn2C)CC(C)(C)O1. The lowest BCUT2D eigenvalue weighted by Gasteiger charge is -2.41. The topological polar surface area (TPSA) is 73.4 Å². The third kappa shape index (κ3) is 2.33. The van der Waals surface area contributed by atoms with Gasteiger partial charge >= 0.3 is 0 Å². The van der Waals surface area contributed by atoms with Crippen LogP contribution in [0.5, 0.6) is 0 Å². The molecule has 1 amide bonds. The standard InChI is InChI=1S/C12H20N4O2/c1-8-6-16(7-12(2,3)18-8)11(17)10-9(13)5-14-15(10)4/h5,8H,6-7,13H2,1-4H3. The molecule has 1 fully saturated rings. The lowest BCUT2D eigenvalue weighted by molar-refractivity contribution is -0.119. The number of aromatic nitrogens is 2. The van der Waals surface area contributed by atoms with Crippen molar-refractivity contribution in [1.82, 2.24) is 14.7 Å². The zero-order chi connectivity index (χ0) is 13.5. The molecule has 1 aliphatic heterocycles. The second kappa shape index (κ2) is 4.28. The van der Waals surface area contributed by atoms with Gasteiger partial charge in [-0.15, -0.1) is 0 Å². The number of hydrogen-bond acceptors (Lipinski definition) is 4. The fourth-order valence-corrected chi connectivity index (χ4v) is 2.47. The Morgan fingerprint density at radius 3 is 2.78 bits per heavy atom. The quantitative estimate of drug-likeness (QED) is 0.796. The number of rotatable bonds is 1. The second-order valence-electron chi connectivity index (χ2n) is 5.45. The number of carbonyl (C=O) groups is 1. The van der Waals surface area contributed by atoms with E-state index in [4.69, 9.17) is 10.5 Å². The van der Waals surface area contributed by atoms with E-state index in [0.29, 0.717) is 24.5 Å². The largest absolute Gasteiger partial charge is 0.396 e.